The van der Waals surface area contributed by atoms with Crippen molar-refractivity contribution in [3.05, 3.63) is 0 Å². The molecule has 0 aromatic heterocycles. The molecule has 0 aromatic carbocycles. The summed E-state index contributed by atoms with van der Waals surface area (Å²) in [6.07, 6.45) is 6.33. The quantitative estimate of drug-likeness (QED) is 0.149. The SMILES string of the molecule is CSCCC(NC(=O)CNC(=O)C(CCSC)NC(=O)C(N)CCCCN)C(=O)O. The third-order valence-corrected chi connectivity index (χ3v) is 5.50. The molecule has 174 valence electrons. The normalized spacial score (nSPS) is 13.7. The summed E-state index contributed by atoms with van der Waals surface area (Å²) in [6, 6.07) is -2.58. The zero-order valence-electron chi connectivity index (χ0n) is 17.6. The van der Waals surface area contributed by atoms with Crippen molar-refractivity contribution in [2.24, 2.45) is 11.5 Å². The molecule has 0 aliphatic rings. The van der Waals surface area contributed by atoms with Gasteiger partial charge in [-0.3, -0.25) is 14.4 Å². The largest absolute Gasteiger partial charge is 0.480 e. The lowest BCUT2D eigenvalue weighted by Gasteiger charge is -2.21. The highest BCUT2D eigenvalue weighted by Gasteiger charge is 2.24. The van der Waals surface area contributed by atoms with Crippen LogP contribution in [0, 0.1) is 0 Å². The van der Waals surface area contributed by atoms with E-state index in [9.17, 15) is 19.2 Å². The van der Waals surface area contributed by atoms with Crippen molar-refractivity contribution in [3.8, 4) is 0 Å². The van der Waals surface area contributed by atoms with Crippen molar-refractivity contribution in [1.29, 1.82) is 0 Å². The Bertz CT molecular complexity index is 553. The molecule has 0 bridgehead atoms. The van der Waals surface area contributed by atoms with Crippen LogP contribution >= 0.6 is 23.5 Å². The maximum atomic E-state index is 12.5. The molecular weight excluding hydrogens is 430 g/mol. The summed E-state index contributed by atoms with van der Waals surface area (Å²) in [7, 11) is 0. The number of nitrogens with two attached hydrogens (primary N) is 2. The highest BCUT2D eigenvalue weighted by Crippen LogP contribution is 2.04. The minimum atomic E-state index is -1.13. The van der Waals surface area contributed by atoms with Gasteiger partial charge in [0.2, 0.25) is 17.7 Å². The molecule has 0 aliphatic carbocycles. The average molecular weight is 466 g/mol. The zero-order chi connectivity index (χ0) is 22.9. The molecule has 12 heteroatoms. The summed E-state index contributed by atoms with van der Waals surface area (Å²) >= 11 is 3.00. The number of nitrogens with one attached hydrogen (secondary N) is 3. The summed E-state index contributed by atoms with van der Waals surface area (Å²) in [6.45, 7) is 0.144. The third-order valence-electron chi connectivity index (χ3n) is 4.22. The van der Waals surface area contributed by atoms with Crippen LogP contribution in [0.4, 0.5) is 0 Å². The second kappa shape index (κ2) is 17.2. The third kappa shape index (κ3) is 12.9. The van der Waals surface area contributed by atoms with Crippen molar-refractivity contribution >= 4 is 47.2 Å². The zero-order valence-corrected chi connectivity index (χ0v) is 19.3. The number of hydrogen-bond acceptors (Lipinski definition) is 8. The van der Waals surface area contributed by atoms with Crippen molar-refractivity contribution < 1.29 is 24.3 Å². The number of rotatable bonds is 17. The molecule has 3 amide bonds. The molecule has 0 aliphatic heterocycles. The van der Waals surface area contributed by atoms with Crippen LogP contribution in [0.3, 0.4) is 0 Å². The molecule has 10 nitrogen and oxygen atoms in total. The second-order valence-corrected chi connectivity index (χ2v) is 8.66. The molecule has 0 radical (unpaired) electrons. The van der Waals surface area contributed by atoms with Crippen molar-refractivity contribution in [3.63, 3.8) is 0 Å². The Kier molecular flexibility index (Phi) is 16.3. The van der Waals surface area contributed by atoms with Crippen LogP contribution in [0.1, 0.15) is 32.1 Å². The highest BCUT2D eigenvalue weighted by molar-refractivity contribution is 7.98. The number of carbonyl (C=O) groups is 4. The van der Waals surface area contributed by atoms with Gasteiger partial charge in [0, 0.05) is 0 Å². The Morgan fingerprint density at radius 1 is 0.900 bits per heavy atom. The van der Waals surface area contributed by atoms with E-state index in [4.69, 9.17) is 16.6 Å². The van der Waals surface area contributed by atoms with E-state index in [1.807, 2.05) is 12.5 Å². The number of thioether (sulfide) groups is 2. The van der Waals surface area contributed by atoms with Gasteiger partial charge in [-0.15, -0.1) is 0 Å². The van der Waals surface area contributed by atoms with Crippen LogP contribution in [-0.2, 0) is 19.2 Å². The Morgan fingerprint density at radius 2 is 1.50 bits per heavy atom. The van der Waals surface area contributed by atoms with Gasteiger partial charge in [0.1, 0.15) is 12.1 Å². The Labute approximate surface area is 186 Å². The molecule has 0 heterocycles. The number of amides is 3. The summed E-state index contributed by atoms with van der Waals surface area (Å²) < 4.78 is 0. The average Bonchev–Trinajstić information content (AvgIpc) is 2.71. The van der Waals surface area contributed by atoms with Gasteiger partial charge in [0.05, 0.1) is 12.6 Å². The molecule has 0 saturated heterocycles. The molecule has 0 rings (SSSR count). The molecule has 3 atom stereocenters. The minimum absolute atomic E-state index is 0.282. The van der Waals surface area contributed by atoms with Gasteiger partial charge in [-0.2, -0.15) is 23.5 Å². The molecule has 0 saturated carbocycles. The summed E-state index contributed by atoms with van der Waals surface area (Å²) in [5, 5.41) is 16.6. The molecule has 0 fully saturated rings. The van der Waals surface area contributed by atoms with Crippen LogP contribution in [0.2, 0.25) is 0 Å². The van der Waals surface area contributed by atoms with E-state index < -0.39 is 41.8 Å². The van der Waals surface area contributed by atoms with Gasteiger partial charge in [-0.05, 0) is 56.2 Å². The van der Waals surface area contributed by atoms with Gasteiger partial charge in [-0.1, -0.05) is 6.42 Å². The minimum Gasteiger partial charge on any atom is -0.480 e. The molecule has 0 aromatic rings. The highest BCUT2D eigenvalue weighted by atomic mass is 32.2. The number of carbonyl (C=O) groups excluding carboxylic acids is 3. The smallest absolute Gasteiger partial charge is 0.326 e. The second-order valence-electron chi connectivity index (χ2n) is 6.69. The fourth-order valence-corrected chi connectivity index (χ4v) is 3.39. The monoisotopic (exact) mass is 465 g/mol. The Balaban J connectivity index is 4.69. The van der Waals surface area contributed by atoms with E-state index in [-0.39, 0.29) is 13.0 Å². The molecule has 0 spiro atoms. The van der Waals surface area contributed by atoms with Gasteiger partial charge in [0.25, 0.3) is 0 Å². The summed E-state index contributed by atoms with van der Waals surface area (Å²) in [5.41, 5.74) is 11.3. The predicted molar refractivity (Wildman–Crippen MR) is 121 cm³/mol. The van der Waals surface area contributed by atoms with Crippen LogP contribution in [0.5, 0.6) is 0 Å². The Hall–Kier alpha value is -1.50. The van der Waals surface area contributed by atoms with E-state index in [1.54, 1.807) is 0 Å². The van der Waals surface area contributed by atoms with Crippen LogP contribution in [0.25, 0.3) is 0 Å². The summed E-state index contributed by atoms with van der Waals surface area (Å²) in [4.78, 5) is 48.0. The lowest BCUT2D eigenvalue weighted by Crippen LogP contribution is -2.53. The fourth-order valence-electron chi connectivity index (χ4n) is 2.45. The van der Waals surface area contributed by atoms with Gasteiger partial charge in [-0.25, -0.2) is 4.79 Å². The van der Waals surface area contributed by atoms with Crippen LogP contribution < -0.4 is 27.4 Å². The topological polar surface area (TPSA) is 177 Å². The lowest BCUT2D eigenvalue weighted by atomic mass is 10.1. The van der Waals surface area contributed by atoms with Crippen molar-refractivity contribution in [1.82, 2.24) is 16.0 Å². The van der Waals surface area contributed by atoms with E-state index in [2.05, 4.69) is 16.0 Å². The van der Waals surface area contributed by atoms with E-state index in [1.165, 1.54) is 23.5 Å². The summed E-state index contributed by atoms with van der Waals surface area (Å²) in [5.74, 6) is -1.47. The van der Waals surface area contributed by atoms with E-state index in [0.29, 0.717) is 37.3 Å². The van der Waals surface area contributed by atoms with Gasteiger partial charge >= 0.3 is 5.97 Å². The molecular formula is C18H35N5O5S2. The van der Waals surface area contributed by atoms with Crippen molar-refractivity contribution in [2.75, 3.05) is 37.1 Å². The number of unbranched alkanes of at least 4 members (excludes halogenated alkanes) is 1. The van der Waals surface area contributed by atoms with E-state index in [0.717, 1.165) is 6.42 Å². The lowest BCUT2D eigenvalue weighted by molar-refractivity contribution is -0.141. The maximum Gasteiger partial charge on any atom is 0.326 e. The first kappa shape index (κ1) is 28.5. The number of carboxylic acids is 1. The van der Waals surface area contributed by atoms with Crippen LogP contribution in [0.15, 0.2) is 0 Å². The fraction of sp³-hybridized carbons (Fsp3) is 0.778. The van der Waals surface area contributed by atoms with Crippen molar-refractivity contribution in [2.45, 2.75) is 50.2 Å². The first-order valence-corrected chi connectivity index (χ1v) is 12.6. The van der Waals surface area contributed by atoms with Gasteiger partial charge < -0.3 is 32.5 Å². The van der Waals surface area contributed by atoms with E-state index >= 15 is 0 Å². The van der Waals surface area contributed by atoms with Gasteiger partial charge in [0.15, 0.2) is 0 Å². The maximum absolute atomic E-state index is 12.5. The molecule has 8 N–H and O–H groups in total. The first-order valence-electron chi connectivity index (χ1n) is 9.80. The van der Waals surface area contributed by atoms with Crippen LogP contribution in [-0.4, -0.2) is 84.0 Å². The predicted octanol–water partition coefficient (Wildman–Crippen LogP) is -0.881. The number of hydrogen-bond donors (Lipinski definition) is 6. The first-order chi connectivity index (χ1) is 14.3. The molecule has 3 unspecified atom stereocenters. The Morgan fingerprint density at radius 3 is 2.03 bits per heavy atom. The number of aliphatic carboxylic acids is 1. The number of carboxylic acid groups (broad SMARTS) is 1. The molecule has 30 heavy (non-hydrogen) atoms. The standard InChI is InChI=1S/C18H35N5O5S2/c1-29-9-6-13(23-16(25)12(20)5-3-4-8-19)17(26)21-11-15(24)22-14(18(27)28)7-10-30-2/h12-14H,3-11,19-20H2,1-2H3,(H,21,26)(H,22,24)(H,23,25)(H,27,28).